The minimum absolute atomic E-state index is 0.00829. The SMILES string of the molecule is C[C@H](N[P@@](=O)(Oc1cccc2ccccc12)O[C@H](C)[C@H]1O[C@@H](n2cc(F)c(=O)[nH]c2=O)CC1O)C(=O)OCc1ccccc1. The summed E-state index contributed by atoms with van der Waals surface area (Å²) >= 11 is 0. The summed E-state index contributed by atoms with van der Waals surface area (Å²) in [7, 11) is -4.42. The summed E-state index contributed by atoms with van der Waals surface area (Å²) in [5, 5.41) is 14.8. The van der Waals surface area contributed by atoms with Gasteiger partial charge in [0.05, 0.1) is 18.4 Å². The number of halogens is 1. The molecule has 14 heteroatoms. The number of carbonyl (C=O) groups excluding carboxylic acids is 1. The van der Waals surface area contributed by atoms with Gasteiger partial charge in [-0.3, -0.25) is 23.7 Å². The normalized spacial score (nSPS) is 21.0. The third kappa shape index (κ3) is 7.15. The Labute approximate surface area is 250 Å². The highest BCUT2D eigenvalue weighted by atomic mass is 31.2. The molecule has 1 saturated heterocycles. The average Bonchev–Trinajstić information content (AvgIpc) is 3.39. The molecule has 0 radical (unpaired) electrons. The molecule has 1 aliphatic rings. The van der Waals surface area contributed by atoms with E-state index in [-0.39, 0.29) is 18.8 Å². The van der Waals surface area contributed by atoms with Crippen molar-refractivity contribution < 1.29 is 37.4 Å². The van der Waals surface area contributed by atoms with Crippen molar-refractivity contribution in [3.05, 3.63) is 111 Å². The largest absolute Gasteiger partial charge is 0.460 e. The molecular formula is C30H31FN3O9P. The molecule has 1 unspecified atom stereocenters. The van der Waals surface area contributed by atoms with Gasteiger partial charge in [-0.15, -0.1) is 0 Å². The molecule has 0 aliphatic carbocycles. The van der Waals surface area contributed by atoms with Gasteiger partial charge in [-0.05, 0) is 30.9 Å². The minimum atomic E-state index is -4.42. The van der Waals surface area contributed by atoms with Gasteiger partial charge in [0.1, 0.15) is 30.7 Å². The molecule has 3 aromatic carbocycles. The van der Waals surface area contributed by atoms with Gasteiger partial charge in [-0.1, -0.05) is 66.7 Å². The van der Waals surface area contributed by atoms with E-state index in [1.165, 1.54) is 13.8 Å². The summed E-state index contributed by atoms with van der Waals surface area (Å²) in [6.07, 6.45) is -4.17. The van der Waals surface area contributed by atoms with Crippen molar-refractivity contribution in [1.29, 1.82) is 0 Å². The predicted octanol–water partition coefficient (Wildman–Crippen LogP) is 3.79. The molecule has 6 atom stereocenters. The summed E-state index contributed by atoms with van der Waals surface area (Å²) in [5.74, 6) is -1.72. The van der Waals surface area contributed by atoms with Crippen LogP contribution in [0.4, 0.5) is 4.39 Å². The zero-order valence-electron chi connectivity index (χ0n) is 23.8. The van der Waals surface area contributed by atoms with Gasteiger partial charge < -0.3 is 19.1 Å². The molecule has 1 aromatic heterocycles. The second kappa shape index (κ2) is 13.2. The number of esters is 1. The third-order valence-electron chi connectivity index (χ3n) is 7.04. The number of nitrogens with zero attached hydrogens (tertiary/aromatic N) is 1. The van der Waals surface area contributed by atoms with Crippen LogP contribution in [0.3, 0.4) is 0 Å². The lowest BCUT2D eigenvalue weighted by atomic mass is 10.1. The zero-order chi connectivity index (χ0) is 31.4. The Morgan fingerprint density at radius 1 is 1.11 bits per heavy atom. The summed E-state index contributed by atoms with van der Waals surface area (Å²) in [5.41, 5.74) is -1.36. The molecule has 0 saturated carbocycles. The van der Waals surface area contributed by atoms with Crippen LogP contribution < -0.4 is 20.9 Å². The summed E-state index contributed by atoms with van der Waals surface area (Å²) in [6.45, 7) is 2.89. The van der Waals surface area contributed by atoms with Crippen LogP contribution in [0.25, 0.3) is 10.8 Å². The highest BCUT2D eigenvalue weighted by Gasteiger charge is 2.43. The molecule has 44 heavy (non-hydrogen) atoms. The molecule has 1 fully saturated rings. The molecule has 12 nitrogen and oxygen atoms in total. The summed E-state index contributed by atoms with van der Waals surface area (Å²) in [4.78, 5) is 38.4. The Bertz CT molecular complexity index is 1790. The number of rotatable bonds is 11. The van der Waals surface area contributed by atoms with Crippen LogP contribution in [0.15, 0.2) is 88.6 Å². The number of hydrogen-bond donors (Lipinski definition) is 3. The van der Waals surface area contributed by atoms with Gasteiger partial charge in [-0.25, -0.2) is 9.36 Å². The highest BCUT2D eigenvalue weighted by molar-refractivity contribution is 7.52. The number of fused-ring (bicyclic) bond motifs is 1. The van der Waals surface area contributed by atoms with Crippen LogP contribution in [-0.2, 0) is 30.0 Å². The molecule has 4 aromatic rings. The molecule has 3 N–H and O–H groups in total. The number of ether oxygens (including phenoxy) is 2. The fraction of sp³-hybridized carbons (Fsp3) is 0.300. The number of H-pyrrole nitrogens is 1. The van der Waals surface area contributed by atoms with Gasteiger partial charge in [0, 0.05) is 11.8 Å². The molecule has 0 amide bonds. The van der Waals surface area contributed by atoms with Gasteiger partial charge in [0.25, 0.3) is 5.56 Å². The first-order chi connectivity index (χ1) is 21.0. The highest BCUT2D eigenvalue weighted by Crippen LogP contribution is 2.49. The Morgan fingerprint density at radius 3 is 2.59 bits per heavy atom. The molecule has 232 valence electrons. The van der Waals surface area contributed by atoms with Crippen molar-refractivity contribution in [2.24, 2.45) is 0 Å². The Kier molecular flexibility index (Phi) is 9.42. The lowest BCUT2D eigenvalue weighted by molar-refractivity contribution is -0.146. The maximum Gasteiger partial charge on any atom is 0.459 e. The van der Waals surface area contributed by atoms with Crippen LogP contribution >= 0.6 is 7.75 Å². The molecule has 1 aliphatic heterocycles. The van der Waals surface area contributed by atoms with Crippen LogP contribution in [0.5, 0.6) is 5.75 Å². The Morgan fingerprint density at radius 2 is 1.82 bits per heavy atom. The van der Waals surface area contributed by atoms with Crippen molar-refractivity contribution in [2.45, 2.75) is 57.5 Å². The number of nitrogens with one attached hydrogen (secondary N) is 2. The van der Waals surface area contributed by atoms with E-state index < -0.39 is 61.4 Å². The van der Waals surface area contributed by atoms with E-state index in [1.54, 1.807) is 48.5 Å². The summed E-state index contributed by atoms with van der Waals surface area (Å²) < 4.78 is 52.1. The molecule has 0 bridgehead atoms. The Hall–Kier alpha value is -4.13. The summed E-state index contributed by atoms with van der Waals surface area (Å²) in [6, 6.07) is 20.3. The van der Waals surface area contributed by atoms with Crippen molar-refractivity contribution in [1.82, 2.24) is 14.6 Å². The first kappa shape index (κ1) is 31.3. The smallest absolute Gasteiger partial charge is 0.459 e. The number of aromatic amines is 1. The monoisotopic (exact) mass is 627 g/mol. The number of carbonyl (C=O) groups is 1. The van der Waals surface area contributed by atoms with Crippen molar-refractivity contribution in [3.63, 3.8) is 0 Å². The second-order valence-corrected chi connectivity index (χ2v) is 12.0. The van der Waals surface area contributed by atoms with Gasteiger partial charge in [0.15, 0.2) is 0 Å². The van der Waals surface area contributed by atoms with E-state index in [2.05, 4.69) is 5.09 Å². The van der Waals surface area contributed by atoms with Crippen molar-refractivity contribution in [2.75, 3.05) is 0 Å². The van der Waals surface area contributed by atoms with Gasteiger partial charge in [0.2, 0.25) is 5.82 Å². The van der Waals surface area contributed by atoms with Crippen molar-refractivity contribution >= 4 is 24.5 Å². The first-order valence-corrected chi connectivity index (χ1v) is 15.4. The zero-order valence-corrected chi connectivity index (χ0v) is 24.7. The molecule has 2 heterocycles. The maximum absolute atomic E-state index is 14.3. The number of aliphatic hydroxyl groups excluding tert-OH is 1. The van der Waals surface area contributed by atoms with Crippen LogP contribution in [0, 0.1) is 5.82 Å². The number of aliphatic hydroxyl groups is 1. The standard InChI is InChI=1S/C30H31FN3O9P/c1-18(29(37)40-17-20-9-4-3-5-10-20)33-44(39,43-25-14-8-12-21-11-6-7-13-22(21)25)42-19(2)27-24(35)15-26(41-27)34-16-23(31)28(36)32-30(34)38/h3-14,16,18-19,24,26-27,35H,15,17H2,1-2H3,(H,33,39)(H,32,36,38)/t18-,19+,24?,26+,27+,44-/m0/s1. The molecular weight excluding hydrogens is 596 g/mol. The fourth-order valence-electron chi connectivity index (χ4n) is 4.85. The van der Waals surface area contributed by atoms with Crippen LogP contribution in [0.2, 0.25) is 0 Å². The van der Waals surface area contributed by atoms with Crippen LogP contribution in [-0.4, -0.2) is 45.0 Å². The third-order valence-corrected chi connectivity index (χ3v) is 8.79. The lowest BCUT2D eigenvalue weighted by Crippen LogP contribution is -2.39. The second-order valence-electron chi connectivity index (χ2n) is 10.3. The minimum Gasteiger partial charge on any atom is -0.460 e. The maximum atomic E-state index is 14.3. The Balaban J connectivity index is 1.37. The number of hydrogen-bond acceptors (Lipinski definition) is 9. The lowest BCUT2D eigenvalue weighted by Gasteiger charge is -2.29. The molecule has 5 rings (SSSR count). The van der Waals surface area contributed by atoms with E-state index in [0.717, 1.165) is 15.5 Å². The number of benzene rings is 3. The van der Waals surface area contributed by atoms with Crippen molar-refractivity contribution in [3.8, 4) is 5.75 Å². The van der Waals surface area contributed by atoms with Gasteiger partial charge in [-0.2, -0.15) is 9.48 Å². The van der Waals surface area contributed by atoms with Gasteiger partial charge >= 0.3 is 19.4 Å². The van der Waals surface area contributed by atoms with Crippen LogP contribution in [0.1, 0.15) is 32.1 Å². The van der Waals surface area contributed by atoms with E-state index >= 15 is 0 Å². The first-order valence-electron chi connectivity index (χ1n) is 13.8. The van der Waals surface area contributed by atoms with E-state index in [9.17, 15) is 28.4 Å². The van der Waals surface area contributed by atoms with E-state index in [1.807, 2.05) is 29.2 Å². The van der Waals surface area contributed by atoms with E-state index in [4.69, 9.17) is 18.5 Å². The molecule has 0 spiro atoms. The topological polar surface area (TPSA) is 158 Å². The number of aromatic nitrogens is 2. The fourth-order valence-corrected chi connectivity index (χ4v) is 6.56. The predicted molar refractivity (Wildman–Crippen MR) is 157 cm³/mol. The van der Waals surface area contributed by atoms with E-state index in [0.29, 0.717) is 11.6 Å². The quantitative estimate of drug-likeness (QED) is 0.165. The average molecular weight is 628 g/mol.